The van der Waals surface area contributed by atoms with E-state index < -0.39 is 0 Å². The van der Waals surface area contributed by atoms with Gasteiger partial charge in [0, 0.05) is 13.1 Å². The van der Waals surface area contributed by atoms with Gasteiger partial charge in [0.1, 0.15) is 11.6 Å². The van der Waals surface area contributed by atoms with Crippen molar-refractivity contribution < 1.29 is 14.3 Å². The van der Waals surface area contributed by atoms with E-state index in [0.29, 0.717) is 23.9 Å². The average Bonchev–Trinajstić information content (AvgIpc) is 2.51. The molecule has 3 rings (SSSR count). The van der Waals surface area contributed by atoms with Gasteiger partial charge in [0.05, 0.1) is 10.7 Å². The van der Waals surface area contributed by atoms with Crippen LogP contribution in [-0.4, -0.2) is 30.8 Å². The predicted octanol–water partition coefficient (Wildman–Crippen LogP) is 1.87. The second kappa shape index (κ2) is 5.73. The largest absolute Gasteiger partial charge is 0.482 e. The lowest BCUT2D eigenvalue weighted by atomic mass is 9.97. The van der Waals surface area contributed by atoms with Gasteiger partial charge in [-0.05, 0) is 30.0 Å². The van der Waals surface area contributed by atoms with Crippen molar-refractivity contribution in [3.63, 3.8) is 0 Å². The van der Waals surface area contributed by atoms with Crippen LogP contribution >= 0.6 is 23.2 Å². The van der Waals surface area contributed by atoms with E-state index in [2.05, 4.69) is 5.32 Å². The highest BCUT2D eigenvalue weighted by Crippen LogP contribution is 2.44. The standard InChI is InChI=1S/C14H14Cl2N2O3/c15-5-11(19)17-6-8-4-10-14-9(13(8)16)2-1-3-18(14)12(20)7-21-10/h4H,1-3,5-7H2,(H,17,19). The minimum atomic E-state index is -0.253. The molecule has 1 aromatic rings. The molecule has 0 aliphatic carbocycles. The van der Waals surface area contributed by atoms with E-state index in [1.54, 1.807) is 11.0 Å². The topological polar surface area (TPSA) is 58.6 Å². The number of hydrogen-bond acceptors (Lipinski definition) is 3. The number of carbonyl (C=O) groups excluding carboxylic acids is 2. The highest BCUT2D eigenvalue weighted by Gasteiger charge is 2.32. The molecule has 0 fully saturated rings. The monoisotopic (exact) mass is 328 g/mol. The first-order valence-corrected chi connectivity index (χ1v) is 7.63. The molecule has 21 heavy (non-hydrogen) atoms. The third kappa shape index (κ3) is 2.56. The molecule has 0 saturated heterocycles. The van der Waals surface area contributed by atoms with Crippen LogP contribution in [0.25, 0.3) is 0 Å². The summed E-state index contributed by atoms with van der Waals surface area (Å²) in [4.78, 5) is 24.9. The van der Waals surface area contributed by atoms with E-state index in [1.165, 1.54) is 0 Å². The van der Waals surface area contributed by atoms with Crippen LogP contribution in [0, 0.1) is 0 Å². The van der Waals surface area contributed by atoms with E-state index in [4.69, 9.17) is 27.9 Å². The van der Waals surface area contributed by atoms with Crippen molar-refractivity contribution in [1.29, 1.82) is 0 Å². The molecule has 0 radical (unpaired) electrons. The van der Waals surface area contributed by atoms with Crippen LogP contribution in [0.1, 0.15) is 17.5 Å². The summed E-state index contributed by atoms with van der Waals surface area (Å²) >= 11 is 11.9. The zero-order chi connectivity index (χ0) is 15.0. The molecule has 0 unspecified atom stereocenters. The fraction of sp³-hybridized carbons (Fsp3) is 0.429. The number of rotatable bonds is 3. The van der Waals surface area contributed by atoms with Gasteiger partial charge in [0.25, 0.3) is 5.91 Å². The Morgan fingerprint density at radius 3 is 3.05 bits per heavy atom. The first-order chi connectivity index (χ1) is 10.1. The third-order valence-electron chi connectivity index (χ3n) is 3.70. The summed E-state index contributed by atoms with van der Waals surface area (Å²) in [5, 5.41) is 3.28. The van der Waals surface area contributed by atoms with E-state index in [-0.39, 0.29) is 24.3 Å². The Balaban J connectivity index is 1.99. The normalized spacial score (nSPS) is 16.3. The molecule has 0 saturated carbocycles. The lowest BCUT2D eigenvalue weighted by molar-refractivity contribution is -0.121. The lowest BCUT2D eigenvalue weighted by Gasteiger charge is -2.35. The maximum absolute atomic E-state index is 11.9. The van der Waals surface area contributed by atoms with Gasteiger partial charge in [-0.15, -0.1) is 11.6 Å². The van der Waals surface area contributed by atoms with Gasteiger partial charge in [0.2, 0.25) is 5.91 Å². The SMILES string of the molecule is O=C(CCl)NCc1cc2c3c(c1Cl)CCCN3C(=O)CO2. The minimum absolute atomic E-state index is 0.0392. The molecular weight excluding hydrogens is 315 g/mol. The highest BCUT2D eigenvalue weighted by molar-refractivity contribution is 6.33. The van der Waals surface area contributed by atoms with Crippen molar-refractivity contribution in [2.24, 2.45) is 0 Å². The van der Waals surface area contributed by atoms with Crippen molar-refractivity contribution in [1.82, 2.24) is 5.32 Å². The van der Waals surface area contributed by atoms with Gasteiger partial charge in [-0.3, -0.25) is 9.59 Å². The second-order valence-electron chi connectivity index (χ2n) is 5.02. The fourth-order valence-corrected chi connectivity index (χ4v) is 3.13. The molecule has 0 spiro atoms. The molecule has 1 aromatic carbocycles. The zero-order valence-corrected chi connectivity index (χ0v) is 12.8. The van der Waals surface area contributed by atoms with Gasteiger partial charge in [-0.2, -0.15) is 0 Å². The van der Waals surface area contributed by atoms with Crippen LogP contribution in [0.15, 0.2) is 6.07 Å². The quantitative estimate of drug-likeness (QED) is 0.862. The summed E-state index contributed by atoms with van der Waals surface area (Å²) in [6, 6.07) is 1.79. The molecule has 2 heterocycles. The van der Waals surface area contributed by atoms with Crippen LogP contribution in [0.3, 0.4) is 0 Å². The van der Waals surface area contributed by atoms with Crippen molar-refractivity contribution >= 4 is 40.7 Å². The van der Waals surface area contributed by atoms with E-state index >= 15 is 0 Å². The Labute approximate surface area is 132 Å². The maximum atomic E-state index is 11.9. The third-order valence-corrected chi connectivity index (χ3v) is 4.41. The zero-order valence-electron chi connectivity index (χ0n) is 11.2. The Kier molecular flexibility index (Phi) is 3.95. The Morgan fingerprint density at radius 2 is 2.29 bits per heavy atom. The molecule has 2 amide bonds. The summed E-state index contributed by atoms with van der Waals surface area (Å²) in [6.07, 6.45) is 1.67. The van der Waals surface area contributed by atoms with Crippen molar-refractivity contribution in [2.45, 2.75) is 19.4 Å². The fourth-order valence-electron chi connectivity index (χ4n) is 2.73. The number of nitrogens with zero attached hydrogens (tertiary/aromatic N) is 1. The molecule has 2 aliphatic heterocycles. The van der Waals surface area contributed by atoms with E-state index in [9.17, 15) is 9.59 Å². The Bertz CT molecular complexity index is 619. The summed E-state index contributed by atoms with van der Waals surface area (Å²) in [6.45, 7) is 1.03. The summed E-state index contributed by atoms with van der Waals surface area (Å²) in [5.41, 5.74) is 2.48. The van der Waals surface area contributed by atoms with E-state index in [1.807, 2.05) is 0 Å². The lowest BCUT2D eigenvalue weighted by Crippen LogP contribution is -2.42. The molecule has 5 nitrogen and oxygen atoms in total. The van der Waals surface area contributed by atoms with Gasteiger partial charge in [-0.25, -0.2) is 0 Å². The predicted molar refractivity (Wildman–Crippen MR) is 80.2 cm³/mol. The summed E-state index contributed by atoms with van der Waals surface area (Å²) in [5.74, 6) is 0.275. The number of nitrogens with one attached hydrogen (secondary N) is 1. The number of ether oxygens (including phenoxy) is 1. The van der Waals surface area contributed by atoms with Gasteiger partial charge in [-0.1, -0.05) is 11.6 Å². The van der Waals surface area contributed by atoms with Crippen LogP contribution in [0.4, 0.5) is 5.69 Å². The van der Waals surface area contributed by atoms with Crippen molar-refractivity contribution in [2.75, 3.05) is 23.9 Å². The smallest absolute Gasteiger partial charge is 0.265 e. The van der Waals surface area contributed by atoms with Crippen molar-refractivity contribution in [3.8, 4) is 5.75 Å². The van der Waals surface area contributed by atoms with Crippen LogP contribution in [0.5, 0.6) is 5.75 Å². The number of halogens is 2. The highest BCUT2D eigenvalue weighted by atomic mass is 35.5. The first-order valence-electron chi connectivity index (χ1n) is 6.72. The average molecular weight is 329 g/mol. The van der Waals surface area contributed by atoms with Crippen LogP contribution in [-0.2, 0) is 22.6 Å². The molecule has 7 heteroatoms. The maximum Gasteiger partial charge on any atom is 0.265 e. The number of hydrogen-bond donors (Lipinski definition) is 1. The van der Waals surface area contributed by atoms with Crippen molar-refractivity contribution in [3.05, 3.63) is 22.2 Å². The second-order valence-corrected chi connectivity index (χ2v) is 5.67. The number of anilines is 1. The molecule has 0 aromatic heterocycles. The molecule has 2 aliphatic rings. The molecule has 112 valence electrons. The number of alkyl halides is 1. The Hall–Kier alpha value is -1.46. The van der Waals surface area contributed by atoms with Gasteiger partial charge in [0.15, 0.2) is 6.61 Å². The van der Waals surface area contributed by atoms with E-state index in [0.717, 1.165) is 29.7 Å². The van der Waals surface area contributed by atoms with Crippen LogP contribution in [0.2, 0.25) is 5.02 Å². The van der Waals surface area contributed by atoms with Crippen LogP contribution < -0.4 is 15.0 Å². The number of benzene rings is 1. The molecule has 0 atom stereocenters. The first kappa shape index (κ1) is 14.5. The van der Waals surface area contributed by atoms with Gasteiger partial charge >= 0.3 is 0 Å². The minimum Gasteiger partial charge on any atom is -0.482 e. The molecule has 1 N–H and O–H groups in total. The van der Waals surface area contributed by atoms with Gasteiger partial charge < -0.3 is 15.0 Å². The summed E-state index contributed by atoms with van der Waals surface area (Å²) < 4.78 is 5.52. The Morgan fingerprint density at radius 1 is 1.48 bits per heavy atom. The molecular formula is C14H14Cl2N2O3. The number of carbonyl (C=O) groups is 2. The molecule has 0 bridgehead atoms. The summed E-state index contributed by atoms with van der Waals surface area (Å²) in [7, 11) is 0. The number of amides is 2.